The molecule has 0 saturated carbocycles. The number of anilines is 1. The van der Waals surface area contributed by atoms with Crippen LogP contribution in [0.4, 0.5) is 5.95 Å². The fraction of sp³-hybridized carbons (Fsp3) is 0.294. The number of carbonyl (C=O) groups is 1. The standard InChI is InChI=1S/C17H17BrCl2N6O/c1-10-16(18)11(2)26(23-10)6-5-15(27)22-17-21-9-25(24-17)8-12-3-4-13(19)14(20)7-12/h3-4,7,9H,5-6,8H2,1-2H3,(H,22,24,27). The first kappa shape index (κ1) is 19.9. The van der Waals surface area contributed by atoms with Gasteiger partial charge in [0.05, 0.1) is 33.3 Å². The van der Waals surface area contributed by atoms with Crippen molar-refractivity contribution in [3.8, 4) is 0 Å². The zero-order chi connectivity index (χ0) is 19.6. The van der Waals surface area contributed by atoms with Crippen LogP contribution in [0.2, 0.25) is 10.0 Å². The van der Waals surface area contributed by atoms with Crippen molar-refractivity contribution in [2.75, 3.05) is 5.32 Å². The van der Waals surface area contributed by atoms with Gasteiger partial charge in [-0.3, -0.25) is 14.8 Å². The van der Waals surface area contributed by atoms with E-state index in [1.807, 2.05) is 19.9 Å². The molecular formula is C17H17BrCl2N6O. The van der Waals surface area contributed by atoms with Gasteiger partial charge in [-0.2, -0.15) is 5.10 Å². The first-order valence-corrected chi connectivity index (χ1v) is 9.71. The van der Waals surface area contributed by atoms with Gasteiger partial charge < -0.3 is 0 Å². The minimum atomic E-state index is -0.175. The molecule has 3 aromatic rings. The molecule has 1 N–H and O–H groups in total. The summed E-state index contributed by atoms with van der Waals surface area (Å²) >= 11 is 15.4. The fourth-order valence-electron chi connectivity index (χ4n) is 2.54. The van der Waals surface area contributed by atoms with Crippen LogP contribution in [-0.2, 0) is 17.9 Å². The molecule has 142 valence electrons. The van der Waals surface area contributed by atoms with E-state index in [0.717, 1.165) is 21.4 Å². The zero-order valence-corrected chi connectivity index (χ0v) is 17.8. The summed E-state index contributed by atoms with van der Waals surface area (Å²) in [5.74, 6) is 0.0839. The third kappa shape index (κ3) is 4.88. The minimum Gasteiger partial charge on any atom is -0.293 e. The number of hydrogen-bond donors (Lipinski definition) is 1. The molecule has 0 aliphatic carbocycles. The topological polar surface area (TPSA) is 77.6 Å². The Hall–Kier alpha value is -1.90. The first-order valence-electron chi connectivity index (χ1n) is 8.16. The molecular weight excluding hydrogens is 455 g/mol. The predicted octanol–water partition coefficient (Wildman–Crippen LogP) is 4.24. The Bertz CT molecular complexity index is 984. The summed E-state index contributed by atoms with van der Waals surface area (Å²) in [5, 5.41) is 12.3. The maximum Gasteiger partial charge on any atom is 0.248 e. The fourth-order valence-corrected chi connectivity index (χ4v) is 3.15. The highest BCUT2D eigenvalue weighted by molar-refractivity contribution is 9.10. The molecule has 0 unspecified atom stereocenters. The highest BCUT2D eigenvalue weighted by Gasteiger charge is 2.12. The molecule has 3 rings (SSSR count). The van der Waals surface area contributed by atoms with Crippen molar-refractivity contribution >= 4 is 51.0 Å². The molecule has 27 heavy (non-hydrogen) atoms. The number of nitrogens with zero attached hydrogens (tertiary/aromatic N) is 5. The van der Waals surface area contributed by atoms with E-state index < -0.39 is 0 Å². The van der Waals surface area contributed by atoms with Crippen LogP contribution >= 0.6 is 39.1 Å². The van der Waals surface area contributed by atoms with Crippen molar-refractivity contribution in [2.45, 2.75) is 33.4 Å². The lowest BCUT2D eigenvalue weighted by atomic mass is 10.2. The Morgan fingerprint density at radius 2 is 2.00 bits per heavy atom. The summed E-state index contributed by atoms with van der Waals surface area (Å²) in [6.07, 6.45) is 1.83. The van der Waals surface area contributed by atoms with E-state index >= 15 is 0 Å². The van der Waals surface area contributed by atoms with E-state index in [0.29, 0.717) is 23.1 Å². The normalized spacial score (nSPS) is 11.0. The third-order valence-corrected chi connectivity index (χ3v) is 5.85. The number of carbonyl (C=O) groups excluding carboxylic acids is 1. The Kier molecular flexibility index (Phi) is 6.18. The summed E-state index contributed by atoms with van der Waals surface area (Å²) < 4.78 is 4.38. The van der Waals surface area contributed by atoms with Crippen molar-refractivity contribution in [1.29, 1.82) is 0 Å². The van der Waals surface area contributed by atoms with Gasteiger partial charge in [0.2, 0.25) is 11.9 Å². The largest absolute Gasteiger partial charge is 0.293 e. The molecule has 0 spiro atoms. The van der Waals surface area contributed by atoms with Gasteiger partial charge in [0.1, 0.15) is 6.33 Å². The van der Waals surface area contributed by atoms with Crippen LogP contribution in [0.1, 0.15) is 23.4 Å². The van der Waals surface area contributed by atoms with E-state index in [9.17, 15) is 4.79 Å². The molecule has 0 atom stereocenters. The number of halogens is 3. The zero-order valence-electron chi connectivity index (χ0n) is 14.7. The second-order valence-corrected chi connectivity index (χ2v) is 7.63. The van der Waals surface area contributed by atoms with Crippen LogP contribution in [0.25, 0.3) is 0 Å². The minimum absolute atomic E-state index is 0.175. The van der Waals surface area contributed by atoms with Crippen molar-refractivity contribution < 1.29 is 4.79 Å². The van der Waals surface area contributed by atoms with Gasteiger partial charge in [0.15, 0.2) is 0 Å². The maximum atomic E-state index is 12.2. The van der Waals surface area contributed by atoms with Crippen molar-refractivity contribution in [3.63, 3.8) is 0 Å². The average Bonchev–Trinajstić information content (AvgIpc) is 3.16. The monoisotopic (exact) mass is 470 g/mol. The number of benzene rings is 1. The molecule has 7 nitrogen and oxygen atoms in total. The smallest absolute Gasteiger partial charge is 0.248 e. The van der Waals surface area contributed by atoms with Crippen LogP contribution < -0.4 is 5.32 Å². The van der Waals surface area contributed by atoms with Gasteiger partial charge in [-0.25, -0.2) is 9.67 Å². The number of hydrogen-bond acceptors (Lipinski definition) is 4. The maximum absolute atomic E-state index is 12.2. The SMILES string of the molecule is Cc1nn(CCC(=O)Nc2ncn(Cc3ccc(Cl)c(Cl)c3)n2)c(C)c1Br. The van der Waals surface area contributed by atoms with E-state index in [4.69, 9.17) is 23.2 Å². The third-order valence-electron chi connectivity index (χ3n) is 3.96. The quantitative estimate of drug-likeness (QED) is 0.583. The molecule has 0 radical (unpaired) electrons. The Balaban J connectivity index is 1.55. The van der Waals surface area contributed by atoms with Crippen LogP contribution in [0.3, 0.4) is 0 Å². The predicted molar refractivity (Wildman–Crippen MR) is 108 cm³/mol. The molecule has 0 fully saturated rings. The summed E-state index contributed by atoms with van der Waals surface area (Å²) in [7, 11) is 0. The molecule has 0 bridgehead atoms. The number of rotatable bonds is 6. The highest BCUT2D eigenvalue weighted by atomic mass is 79.9. The number of aryl methyl sites for hydroxylation is 2. The number of amides is 1. The van der Waals surface area contributed by atoms with Crippen LogP contribution in [0.15, 0.2) is 29.0 Å². The van der Waals surface area contributed by atoms with Crippen LogP contribution in [0.5, 0.6) is 0 Å². The van der Waals surface area contributed by atoms with E-state index in [2.05, 4.69) is 36.4 Å². The van der Waals surface area contributed by atoms with Gasteiger partial charge >= 0.3 is 0 Å². The molecule has 0 saturated heterocycles. The van der Waals surface area contributed by atoms with Gasteiger partial charge in [-0.05, 0) is 47.5 Å². The molecule has 1 aromatic carbocycles. The van der Waals surface area contributed by atoms with Gasteiger partial charge in [-0.1, -0.05) is 29.3 Å². The molecule has 0 aliphatic rings. The van der Waals surface area contributed by atoms with E-state index in [1.165, 1.54) is 0 Å². The van der Waals surface area contributed by atoms with Gasteiger partial charge in [0, 0.05) is 12.1 Å². The lowest BCUT2D eigenvalue weighted by Crippen LogP contribution is -2.16. The summed E-state index contributed by atoms with van der Waals surface area (Å²) in [6, 6.07) is 5.37. The van der Waals surface area contributed by atoms with Crippen LogP contribution in [-0.4, -0.2) is 30.5 Å². The second-order valence-electron chi connectivity index (χ2n) is 6.02. The van der Waals surface area contributed by atoms with Crippen molar-refractivity contribution in [1.82, 2.24) is 24.5 Å². The summed E-state index contributed by atoms with van der Waals surface area (Å²) in [4.78, 5) is 16.3. The molecule has 2 aromatic heterocycles. The van der Waals surface area contributed by atoms with E-state index in [1.54, 1.807) is 27.8 Å². The van der Waals surface area contributed by atoms with E-state index in [-0.39, 0.29) is 18.3 Å². The Labute approximate surface area is 174 Å². The molecule has 0 aliphatic heterocycles. The Morgan fingerprint density at radius 1 is 1.22 bits per heavy atom. The molecule has 10 heteroatoms. The number of nitrogens with one attached hydrogen (secondary N) is 1. The molecule has 1 amide bonds. The van der Waals surface area contributed by atoms with Gasteiger partial charge in [0.25, 0.3) is 0 Å². The van der Waals surface area contributed by atoms with Crippen LogP contribution in [0, 0.1) is 13.8 Å². The lowest BCUT2D eigenvalue weighted by Gasteiger charge is -2.05. The summed E-state index contributed by atoms with van der Waals surface area (Å²) in [6.45, 7) is 4.82. The van der Waals surface area contributed by atoms with Crippen molar-refractivity contribution in [2.24, 2.45) is 0 Å². The average molecular weight is 472 g/mol. The number of aromatic nitrogens is 5. The lowest BCUT2D eigenvalue weighted by molar-refractivity contribution is -0.116. The Morgan fingerprint density at radius 3 is 2.67 bits per heavy atom. The summed E-state index contributed by atoms with van der Waals surface area (Å²) in [5.41, 5.74) is 2.82. The molecule has 2 heterocycles. The highest BCUT2D eigenvalue weighted by Crippen LogP contribution is 2.23. The van der Waals surface area contributed by atoms with Gasteiger partial charge in [-0.15, -0.1) is 5.10 Å². The second kappa shape index (κ2) is 8.41. The first-order chi connectivity index (χ1) is 12.8. The van der Waals surface area contributed by atoms with Crippen molar-refractivity contribution in [3.05, 3.63) is 56.0 Å².